The Labute approximate surface area is 149 Å². The van der Waals surface area contributed by atoms with E-state index in [0.29, 0.717) is 11.9 Å². The van der Waals surface area contributed by atoms with Gasteiger partial charge in [0, 0.05) is 16.3 Å². The second-order valence-corrected chi connectivity index (χ2v) is 8.11. The molecule has 0 radical (unpaired) electrons. The number of rotatable bonds is 3. The summed E-state index contributed by atoms with van der Waals surface area (Å²) >= 11 is 3.27. The average Bonchev–Trinajstić information content (AvgIpc) is 2.87. The topological polar surface area (TPSA) is 69.3 Å². The molecule has 0 bridgehead atoms. The normalized spacial score (nSPS) is 11.7. The Morgan fingerprint density at radius 1 is 1.08 bits per heavy atom. The maximum Gasteiger partial charge on any atom is 0.424 e. The minimum Gasteiger partial charge on any atom is -0.415 e. The van der Waals surface area contributed by atoms with Crippen molar-refractivity contribution in [3.63, 3.8) is 0 Å². The van der Waals surface area contributed by atoms with Gasteiger partial charge in [-0.3, -0.25) is 0 Å². The molecule has 5 nitrogen and oxygen atoms in total. The molecule has 1 heterocycles. The molecule has 130 valence electrons. The SMILES string of the molecule is CS(=O)(=O)c1c(F)cc(-c2coc(=O)n2-c2ccc(Br)cc2)cc1F. The molecule has 0 atom stereocenters. The predicted octanol–water partition coefficient (Wildman–Crippen LogP) is 3.54. The van der Waals surface area contributed by atoms with Gasteiger partial charge >= 0.3 is 5.76 Å². The Balaban J connectivity index is 2.23. The van der Waals surface area contributed by atoms with Crippen molar-refractivity contribution in [3.8, 4) is 16.9 Å². The van der Waals surface area contributed by atoms with Gasteiger partial charge in [0.2, 0.25) is 0 Å². The molecule has 3 rings (SSSR count). The summed E-state index contributed by atoms with van der Waals surface area (Å²) in [5, 5.41) is 0. The molecule has 0 spiro atoms. The zero-order valence-electron chi connectivity index (χ0n) is 12.7. The van der Waals surface area contributed by atoms with E-state index in [1.54, 1.807) is 24.3 Å². The zero-order chi connectivity index (χ0) is 18.4. The lowest BCUT2D eigenvalue weighted by Crippen LogP contribution is -2.13. The van der Waals surface area contributed by atoms with Gasteiger partial charge < -0.3 is 4.42 Å². The Hall–Kier alpha value is -2.26. The summed E-state index contributed by atoms with van der Waals surface area (Å²) in [5.41, 5.74) is 0.478. The van der Waals surface area contributed by atoms with Gasteiger partial charge in [0.15, 0.2) is 9.84 Å². The third-order valence-corrected chi connectivity index (χ3v) is 5.10. The van der Waals surface area contributed by atoms with Gasteiger partial charge in [-0.25, -0.2) is 26.6 Å². The maximum absolute atomic E-state index is 14.1. The molecule has 0 amide bonds. The highest BCUT2D eigenvalue weighted by Gasteiger charge is 2.23. The van der Waals surface area contributed by atoms with E-state index in [0.717, 1.165) is 27.4 Å². The second kappa shape index (κ2) is 6.23. The number of halogens is 3. The molecule has 0 aliphatic heterocycles. The molecule has 0 saturated carbocycles. The highest BCUT2D eigenvalue weighted by Crippen LogP contribution is 2.28. The number of nitrogens with zero attached hydrogens (tertiary/aromatic N) is 1. The fourth-order valence-corrected chi connectivity index (χ4v) is 3.49. The van der Waals surface area contributed by atoms with Crippen molar-refractivity contribution in [1.29, 1.82) is 0 Å². The molecular weight excluding hydrogens is 420 g/mol. The van der Waals surface area contributed by atoms with Gasteiger partial charge in [-0.15, -0.1) is 0 Å². The molecule has 9 heteroatoms. The molecule has 0 aliphatic rings. The van der Waals surface area contributed by atoms with E-state index in [1.165, 1.54) is 0 Å². The van der Waals surface area contributed by atoms with Crippen LogP contribution in [0.15, 0.2) is 61.2 Å². The third kappa shape index (κ3) is 3.29. The molecular formula is C16H10BrF2NO4S. The van der Waals surface area contributed by atoms with E-state index in [9.17, 15) is 22.0 Å². The lowest BCUT2D eigenvalue weighted by atomic mass is 10.1. The van der Waals surface area contributed by atoms with Crippen LogP contribution in [0.25, 0.3) is 16.9 Å². The van der Waals surface area contributed by atoms with Crippen LogP contribution < -0.4 is 5.76 Å². The van der Waals surface area contributed by atoms with E-state index in [1.807, 2.05) is 0 Å². The molecule has 3 aromatic rings. The van der Waals surface area contributed by atoms with E-state index in [2.05, 4.69) is 15.9 Å². The highest BCUT2D eigenvalue weighted by molar-refractivity contribution is 9.10. The number of oxazole rings is 1. The number of hydrogen-bond acceptors (Lipinski definition) is 4. The number of aromatic nitrogens is 1. The van der Waals surface area contributed by atoms with Crippen LogP contribution in [0.2, 0.25) is 0 Å². The van der Waals surface area contributed by atoms with Gasteiger partial charge in [0.1, 0.15) is 22.8 Å². The lowest BCUT2D eigenvalue weighted by Gasteiger charge is -2.09. The van der Waals surface area contributed by atoms with Crippen molar-refractivity contribution in [3.05, 3.63) is 69.3 Å². The Kier molecular flexibility index (Phi) is 4.38. The van der Waals surface area contributed by atoms with Crippen LogP contribution in [-0.4, -0.2) is 19.2 Å². The summed E-state index contributed by atoms with van der Waals surface area (Å²) in [6, 6.07) is 8.29. The number of benzene rings is 2. The molecule has 1 aromatic heterocycles. The van der Waals surface area contributed by atoms with Gasteiger partial charge in [-0.2, -0.15) is 0 Å². The molecule has 25 heavy (non-hydrogen) atoms. The summed E-state index contributed by atoms with van der Waals surface area (Å²) in [5.74, 6) is -3.23. The van der Waals surface area contributed by atoms with Crippen LogP contribution in [0.5, 0.6) is 0 Å². The van der Waals surface area contributed by atoms with Gasteiger partial charge in [0.25, 0.3) is 0 Å². The minimum atomic E-state index is -4.07. The quantitative estimate of drug-likeness (QED) is 0.638. The van der Waals surface area contributed by atoms with Crippen molar-refractivity contribution >= 4 is 25.8 Å². The first-order valence-electron chi connectivity index (χ1n) is 6.84. The van der Waals surface area contributed by atoms with Crippen molar-refractivity contribution in [2.75, 3.05) is 6.26 Å². The van der Waals surface area contributed by atoms with Gasteiger partial charge in [-0.05, 0) is 36.4 Å². The zero-order valence-corrected chi connectivity index (χ0v) is 15.1. The van der Waals surface area contributed by atoms with Crippen molar-refractivity contribution in [2.24, 2.45) is 0 Å². The predicted molar refractivity (Wildman–Crippen MR) is 90.5 cm³/mol. The fraction of sp³-hybridized carbons (Fsp3) is 0.0625. The summed E-state index contributed by atoms with van der Waals surface area (Å²) in [6.07, 6.45) is 1.77. The van der Waals surface area contributed by atoms with Crippen LogP contribution in [0.3, 0.4) is 0 Å². The Bertz CT molecular complexity index is 1090. The van der Waals surface area contributed by atoms with Crippen LogP contribution >= 0.6 is 15.9 Å². The standard InChI is InChI=1S/C16H10BrF2NO4S/c1-25(22,23)15-12(18)6-9(7-13(15)19)14-8-24-16(21)20(14)11-4-2-10(17)3-5-11/h2-8H,1H3. The lowest BCUT2D eigenvalue weighted by molar-refractivity contribution is 0.504. The Morgan fingerprint density at radius 3 is 2.16 bits per heavy atom. The molecule has 0 fully saturated rings. The van der Waals surface area contributed by atoms with Crippen LogP contribution in [0, 0.1) is 11.6 Å². The molecule has 0 aliphatic carbocycles. The van der Waals surface area contributed by atoms with Crippen molar-refractivity contribution in [1.82, 2.24) is 4.57 Å². The average molecular weight is 430 g/mol. The summed E-state index contributed by atoms with van der Waals surface area (Å²) < 4.78 is 58.0. The summed E-state index contributed by atoms with van der Waals surface area (Å²) in [4.78, 5) is 11.0. The number of sulfone groups is 1. The molecule has 2 aromatic carbocycles. The first-order chi connectivity index (χ1) is 11.7. The molecule has 0 saturated heterocycles. The van der Waals surface area contributed by atoms with E-state index >= 15 is 0 Å². The van der Waals surface area contributed by atoms with Crippen molar-refractivity contribution in [2.45, 2.75) is 4.90 Å². The molecule has 0 unspecified atom stereocenters. The fourth-order valence-electron chi connectivity index (χ4n) is 2.40. The van der Waals surface area contributed by atoms with Gasteiger partial charge in [0.05, 0.1) is 11.4 Å². The second-order valence-electron chi connectivity index (χ2n) is 5.24. The first kappa shape index (κ1) is 17.6. The van der Waals surface area contributed by atoms with Crippen LogP contribution in [-0.2, 0) is 9.84 Å². The smallest absolute Gasteiger partial charge is 0.415 e. The summed E-state index contributed by atoms with van der Waals surface area (Å²) in [6.45, 7) is 0. The van der Waals surface area contributed by atoms with Crippen LogP contribution in [0.1, 0.15) is 0 Å². The number of hydrogen-bond donors (Lipinski definition) is 0. The van der Waals surface area contributed by atoms with E-state index < -0.39 is 32.1 Å². The summed E-state index contributed by atoms with van der Waals surface area (Å²) in [7, 11) is -4.07. The van der Waals surface area contributed by atoms with Crippen LogP contribution in [0.4, 0.5) is 8.78 Å². The first-order valence-corrected chi connectivity index (χ1v) is 9.53. The van der Waals surface area contributed by atoms with Crippen molar-refractivity contribution < 1.29 is 21.6 Å². The molecule has 0 N–H and O–H groups in total. The van der Waals surface area contributed by atoms with E-state index in [4.69, 9.17) is 4.42 Å². The van der Waals surface area contributed by atoms with E-state index in [-0.39, 0.29) is 11.3 Å². The minimum absolute atomic E-state index is 0.0313. The third-order valence-electron chi connectivity index (χ3n) is 3.44. The van der Waals surface area contributed by atoms with Gasteiger partial charge in [-0.1, -0.05) is 15.9 Å². The largest absolute Gasteiger partial charge is 0.424 e. The maximum atomic E-state index is 14.1. The Morgan fingerprint density at radius 2 is 1.64 bits per heavy atom. The highest BCUT2D eigenvalue weighted by atomic mass is 79.9. The monoisotopic (exact) mass is 429 g/mol.